The summed E-state index contributed by atoms with van der Waals surface area (Å²) in [6.45, 7) is 8.11. The summed E-state index contributed by atoms with van der Waals surface area (Å²) in [7, 11) is -0.637. The van der Waals surface area contributed by atoms with Crippen molar-refractivity contribution in [3.8, 4) is 22.9 Å². The van der Waals surface area contributed by atoms with Crippen LogP contribution < -0.4 is 19.5 Å². The molecule has 4 amide bonds. The Labute approximate surface area is 309 Å². The third-order valence-electron chi connectivity index (χ3n) is 11.2. The van der Waals surface area contributed by atoms with Crippen LogP contribution in [0.25, 0.3) is 22.3 Å². The smallest absolute Gasteiger partial charge is 0.319 e. The zero-order chi connectivity index (χ0) is 37.9. The number of carbonyl (C=O) groups is 3. The molecule has 1 saturated heterocycles. The van der Waals surface area contributed by atoms with Gasteiger partial charge in [0, 0.05) is 49.4 Å². The summed E-state index contributed by atoms with van der Waals surface area (Å²) in [6, 6.07) is 5.84. The highest BCUT2D eigenvalue weighted by molar-refractivity contribution is 7.91. The Bertz CT molecular complexity index is 2090. The minimum absolute atomic E-state index is 0.0359. The zero-order valence-corrected chi connectivity index (χ0v) is 31.9. The lowest BCUT2D eigenvalue weighted by Gasteiger charge is -2.30. The van der Waals surface area contributed by atoms with Gasteiger partial charge < -0.3 is 29.1 Å². The lowest BCUT2D eigenvalue weighted by atomic mass is 10.1. The first-order valence-corrected chi connectivity index (χ1v) is 19.8. The molecule has 0 unspecified atom stereocenters. The molecule has 53 heavy (non-hydrogen) atoms. The number of likely N-dealkylation sites (N-methyl/N-ethyl adjacent to an activating group) is 1. The minimum Gasteiger partial charge on any atom is -0.497 e. The summed E-state index contributed by atoms with van der Waals surface area (Å²) >= 11 is 0. The number of fused-ring (bicyclic) bond motifs is 3. The maximum Gasteiger partial charge on any atom is 0.319 e. The highest BCUT2D eigenvalue weighted by Gasteiger charge is 2.63. The van der Waals surface area contributed by atoms with Crippen LogP contribution in [0.4, 0.5) is 4.79 Å². The molecule has 14 nitrogen and oxygen atoms in total. The summed E-state index contributed by atoms with van der Waals surface area (Å²) in [5.74, 6) is 0.534. The van der Waals surface area contributed by atoms with E-state index in [1.807, 2.05) is 51.1 Å². The lowest BCUT2D eigenvalue weighted by Crippen LogP contribution is -2.58. The summed E-state index contributed by atoms with van der Waals surface area (Å²) in [5, 5.41) is 7.85. The molecule has 2 aliphatic carbocycles. The number of carbonyl (C=O) groups excluding carboxylic acids is 3. The third-order valence-corrected chi connectivity index (χ3v) is 13.3. The fourth-order valence-corrected chi connectivity index (χ4v) is 8.56. The molecule has 0 spiro atoms. The molecule has 7 rings (SSSR count). The second-order valence-corrected chi connectivity index (χ2v) is 17.7. The molecule has 0 radical (unpaired) electrons. The number of nitrogens with one attached hydrogen (secondary N) is 2. The summed E-state index contributed by atoms with van der Waals surface area (Å²) in [4.78, 5) is 50.0. The number of aromatic nitrogens is 2. The molecule has 284 valence electrons. The zero-order valence-electron chi connectivity index (χ0n) is 31.1. The van der Waals surface area contributed by atoms with E-state index in [0.717, 1.165) is 24.8 Å². The van der Waals surface area contributed by atoms with Crippen molar-refractivity contribution < 1.29 is 36.8 Å². The number of pyridine rings is 1. The summed E-state index contributed by atoms with van der Waals surface area (Å²) < 4.78 is 45.3. The molecule has 0 bridgehead atoms. The molecule has 2 saturated carbocycles. The molecule has 3 aromatic rings. The Hall–Kier alpha value is -4.66. The Morgan fingerprint density at radius 2 is 1.91 bits per heavy atom. The SMILES string of the molecule is COc1cc(C)c2nc(-c3cc(C(C)C)on3)cc(O[C@H]3C[C@H]4C(=O)N(C)CCCC/C=C\[C@@H]5C[C@@]5(C(=O)NS(=O)(=O)C5(C)CC5)NC(=O)N4C3)c2c1. The molecule has 4 heterocycles. The number of hydrogen-bond donors (Lipinski definition) is 2. The highest BCUT2D eigenvalue weighted by Crippen LogP contribution is 2.47. The Morgan fingerprint density at radius 3 is 2.60 bits per heavy atom. The molecule has 15 heteroatoms. The van der Waals surface area contributed by atoms with Crippen LogP contribution in [0.3, 0.4) is 0 Å². The van der Waals surface area contributed by atoms with Gasteiger partial charge in [-0.15, -0.1) is 0 Å². The Kier molecular flexibility index (Phi) is 9.44. The van der Waals surface area contributed by atoms with Crippen molar-refractivity contribution in [2.24, 2.45) is 5.92 Å². The minimum atomic E-state index is -3.95. The molecule has 3 fully saturated rings. The lowest BCUT2D eigenvalue weighted by molar-refractivity contribution is -0.134. The van der Waals surface area contributed by atoms with Gasteiger partial charge >= 0.3 is 6.03 Å². The van der Waals surface area contributed by atoms with E-state index in [-0.39, 0.29) is 31.2 Å². The number of benzene rings is 1. The second-order valence-electron chi connectivity index (χ2n) is 15.5. The van der Waals surface area contributed by atoms with Gasteiger partial charge in [-0.1, -0.05) is 31.2 Å². The van der Waals surface area contributed by atoms with Gasteiger partial charge in [0.05, 0.1) is 29.6 Å². The van der Waals surface area contributed by atoms with E-state index in [2.05, 4.69) is 15.2 Å². The van der Waals surface area contributed by atoms with Gasteiger partial charge in [-0.05, 0) is 70.1 Å². The van der Waals surface area contributed by atoms with Gasteiger partial charge in [0.1, 0.15) is 40.6 Å². The molecule has 4 aliphatic rings. The van der Waals surface area contributed by atoms with Crippen LogP contribution in [0.1, 0.15) is 83.0 Å². The van der Waals surface area contributed by atoms with Crippen molar-refractivity contribution in [3.63, 3.8) is 0 Å². The first kappa shape index (κ1) is 36.7. The van der Waals surface area contributed by atoms with Gasteiger partial charge in [-0.2, -0.15) is 0 Å². The van der Waals surface area contributed by atoms with Crippen LogP contribution in [0.15, 0.2) is 40.9 Å². The fourth-order valence-electron chi connectivity index (χ4n) is 7.25. The van der Waals surface area contributed by atoms with Crippen LogP contribution >= 0.6 is 0 Å². The maximum atomic E-state index is 14.3. The topological polar surface area (TPSA) is 173 Å². The largest absolute Gasteiger partial charge is 0.497 e. The van der Waals surface area contributed by atoms with E-state index in [0.29, 0.717) is 58.9 Å². The predicted octanol–water partition coefficient (Wildman–Crippen LogP) is 4.82. The second kappa shape index (κ2) is 13.6. The molecule has 1 aromatic carbocycles. The van der Waals surface area contributed by atoms with Gasteiger partial charge in [-0.25, -0.2) is 18.2 Å². The first-order chi connectivity index (χ1) is 25.1. The van der Waals surface area contributed by atoms with Gasteiger partial charge in [-0.3, -0.25) is 14.3 Å². The van der Waals surface area contributed by atoms with Gasteiger partial charge in [0.15, 0.2) is 0 Å². The molecule has 2 aliphatic heterocycles. The molecule has 2 aromatic heterocycles. The maximum absolute atomic E-state index is 14.3. The van der Waals surface area contributed by atoms with Crippen molar-refractivity contribution >= 4 is 38.8 Å². The standard InChI is InChI=1S/C38H48N6O8S/c1-22(2)31-19-29(41-52-31)28-18-32(27-16-25(50-6)15-23(3)33(27)39-28)51-26-17-30-34(45)43(5)14-10-8-7-9-11-24-20-38(24,40-36(47)44(30)21-26)35(46)42-53(48,49)37(4)12-13-37/h9,11,15-16,18-19,22,24,26,30H,7-8,10,12-14,17,20-21H2,1-6H3,(H,40,47)(H,42,46)/b11-9-/t24-,26+,30+,38-/m1/s1. The van der Waals surface area contributed by atoms with Gasteiger partial charge in [0.25, 0.3) is 5.91 Å². The molecular formula is C38H48N6O8S. The number of methoxy groups -OCH3 is 1. The number of hydrogen-bond acceptors (Lipinski definition) is 10. The number of urea groups is 1. The van der Waals surface area contributed by atoms with Crippen LogP contribution in [0.5, 0.6) is 11.5 Å². The van der Waals surface area contributed by atoms with E-state index in [1.165, 1.54) is 4.90 Å². The normalized spacial score (nSPS) is 26.4. The van der Waals surface area contributed by atoms with E-state index < -0.39 is 50.3 Å². The van der Waals surface area contributed by atoms with Crippen LogP contribution in [0, 0.1) is 12.8 Å². The van der Waals surface area contributed by atoms with Crippen LogP contribution in [0.2, 0.25) is 0 Å². The van der Waals surface area contributed by atoms with Crippen molar-refractivity contribution in [2.75, 3.05) is 27.2 Å². The van der Waals surface area contributed by atoms with Crippen molar-refractivity contribution in [2.45, 2.75) is 101 Å². The first-order valence-electron chi connectivity index (χ1n) is 18.3. The molecule has 4 atom stereocenters. The molecular weight excluding hydrogens is 701 g/mol. The Balaban J connectivity index is 1.21. The number of amides is 4. The quantitative estimate of drug-likeness (QED) is 0.304. The number of ether oxygens (including phenoxy) is 2. The number of rotatable bonds is 8. The predicted molar refractivity (Wildman–Crippen MR) is 197 cm³/mol. The van der Waals surface area contributed by atoms with Crippen molar-refractivity contribution in [3.05, 3.63) is 47.7 Å². The average molecular weight is 749 g/mol. The number of nitrogens with zero attached hydrogens (tertiary/aromatic N) is 4. The van der Waals surface area contributed by atoms with Crippen molar-refractivity contribution in [1.29, 1.82) is 0 Å². The summed E-state index contributed by atoms with van der Waals surface area (Å²) in [6.07, 6.45) is 6.89. The average Bonchev–Trinajstić information content (AvgIpc) is 3.89. The Morgan fingerprint density at radius 1 is 1.13 bits per heavy atom. The summed E-state index contributed by atoms with van der Waals surface area (Å²) in [5.41, 5.74) is 1.15. The van der Waals surface area contributed by atoms with E-state index in [9.17, 15) is 22.8 Å². The third kappa shape index (κ3) is 6.95. The van der Waals surface area contributed by atoms with Gasteiger partial charge in [0.2, 0.25) is 15.9 Å². The number of aryl methyl sites for hydroxylation is 1. The monoisotopic (exact) mass is 748 g/mol. The fraction of sp³-hybridized carbons (Fsp3) is 0.553. The van der Waals surface area contributed by atoms with E-state index in [4.69, 9.17) is 19.0 Å². The number of sulfonamides is 1. The molecule has 2 N–H and O–H groups in total. The van der Waals surface area contributed by atoms with Crippen LogP contribution in [-0.4, -0.2) is 95.9 Å². The van der Waals surface area contributed by atoms with E-state index >= 15 is 0 Å². The number of allylic oxidation sites excluding steroid dienone is 1. The van der Waals surface area contributed by atoms with Crippen LogP contribution in [-0.2, 0) is 19.6 Å². The highest BCUT2D eigenvalue weighted by atomic mass is 32.2. The van der Waals surface area contributed by atoms with E-state index in [1.54, 1.807) is 32.0 Å². The van der Waals surface area contributed by atoms with Crippen molar-refractivity contribution in [1.82, 2.24) is 30.0 Å².